The van der Waals surface area contributed by atoms with Crippen LogP contribution in [-0.2, 0) is 22.4 Å². The molecule has 30 heavy (non-hydrogen) atoms. The largest absolute Gasteiger partial charge is 0.356 e. The van der Waals surface area contributed by atoms with Crippen LogP contribution in [0.15, 0.2) is 23.1 Å². The van der Waals surface area contributed by atoms with Crippen molar-refractivity contribution in [3.63, 3.8) is 0 Å². The molecular formula is C24H35N3O2S. The van der Waals surface area contributed by atoms with E-state index in [1.807, 2.05) is 4.90 Å². The molecule has 0 unspecified atom stereocenters. The van der Waals surface area contributed by atoms with Crippen LogP contribution in [0.3, 0.4) is 0 Å². The van der Waals surface area contributed by atoms with Crippen LogP contribution in [-0.4, -0.2) is 66.6 Å². The molecule has 5 nitrogen and oxygen atoms in total. The van der Waals surface area contributed by atoms with Gasteiger partial charge in [0.25, 0.3) is 0 Å². The lowest BCUT2D eigenvalue weighted by atomic mass is 9.96. The molecule has 0 aromatic heterocycles. The third-order valence-electron chi connectivity index (χ3n) is 6.80. The van der Waals surface area contributed by atoms with E-state index in [0.29, 0.717) is 18.8 Å². The number of carbonyl (C=O) groups excluding carboxylic acids is 2. The fourth-order valence-corrected chi connectivity index (χ4v) is 5.79. The molecule has 2 amide bonds. The summed E-state index contributed by atoms with van der Waals surface area (Å²) < 4.78 is 0. The van der Waals surface area contributed by atoms with E-state index in [1.165, 1.54) is 61.2 Å². The number of likely N-dealkylation sites (tertiary alicyclic amines) is 2. The lowest BCUT2D eigenvalue weighted by Crippen LogP contribution is -2.44. The van der Waals surface area contributed by atoms with Crippen LogP contribution in [0.2, 0.25) is 0 Å². The van der Waals surface area contributed by atoms with Gasteiger partial charge in [0.1, 0.15) is 0 Å². The minimum absolute atomic E-state index is 0.0604. The second-order valence-electron chi connectivity index (χ2n) is 8.92. The number of fused-ring (bicyclic) bond motifs is 1. The summed E-state index contributed by atoms with van der Waals surface area (Å²) in [6.07, 6.45) is 8.85. The van der Waals surface area contributed by atoms with Crippen molar-refractivity contribution < 1.29 is 9.59 Å². The number of benzene rings is 1. The first kappa shape index (κ1) is 21.7. The average Bonchev–Trinajstić information content (AvgIpc) is 3.46. The van der Waals surface area contributed by atoms with Gasteiger partial charge in [-0.1, -0.05) is 6.07 Å². The molecule has 0 bridgehead atoms. The summed E-state index contributed by atoms with van der Waals surface area (Å²) in [6.45, 7) is 5.70. The molecule has 0 atom stereocenters. The summed E-state index contributed by atoms with van der Waals surface area (Å²) in [7, 11) is 0. The Bertz CT molecular complexity index is 740. The normalized spacial score (nSPS) is 19.8. The molecule has 3 aliphatic rings. The summed E-state index contributed by atoms with van der Waals surface area (Å²) in [5.41, 5.74) is 2.93. The monoisotopic (exact) mass is 429 g/mol. The van der Waals surface area contributed by atoms with Crippen molar-refractivity contribution in [2.75, 3.05) is 45.0 Å². The number of nitrogens with zero attached hydrogens (tertiary/aromatic N) is 2. The molecule has 2 aliphatic heterocycles. The van der Waals surface area contributed by atoms with Gasteiger partial charge in [-0.3, -0.25) is 9.59 Å². The Morgan fingerprint density at radius 1 is 1.00 bits per heavy atom. The fourth-order valence-electron chi connectivity index (χ4n) is 4.93. The Morgan fingerprint density at radius 3 is 2.57 bits per heavy atom. The topological polar surface area (TPSA) is 52.7 Å². The highest BCUT2D eigenvalue weighted by Crippen LogP contribution is 2.28. The molecule has 1 aliphatic carbocycles. The first-order chi connectivity index (χ1) is 14.7. The van der Waals surface area contributed by atoms with E-state index >= 15 is 0 Å². The number of aryl methyl sites for hydroxylation is 2. The number of thioether (sulfide) groups is 1. The molecule has 2 heterocycles. The molecule has 1 aromatic rings. The van der Waals surface area contributed by atoms with E-state index < -0.39 is 0 Å². The Labute approximate surface area is 184 Å². The highest BCUT2D eigenvalue weighted by Gasteiger charge is 2.27. The molecule has 1 aromatic carbocycles. The highest BCUT2D eigenvalue weighted by atomic mass is 32.2. The molecule has 2 fully saturated rings. The first-order valence-corrected chi connectivity index (χ1v) is 12.7. The van der Waals surface area contributed by atoms with Gasteiger partial charge in [0.2, 0.25) is 11.8 Å². The SMILES string of the molecule is O=C(NCCCN1CCCC1)C1CCN(C(=O)CSc2ccc3c(c2)CCC3)CC1. The van der Waals surface area contributed by atoms with Crippen molar-refractivity contribution in [2.45, 2.75) is 56.3 Å². The third kappa shape index (κ3) is 5.79. The zero-order valence-electron chi connectivity index (χ0n) is 18.0. The number of hydrogen-bond donors (Lipinski definition) is 1. The number of carbonyl (C=O) groups is 2. The highest BCUT2D eigenvalue weighted by molar-refractivity contribution is 8.00. The summed E-state index contributed by atoms with van der Waals surface area (Å²) in [5, 5.41) is 3.11. The van der Waals surface area contributed by atoms with Crippen molar-refractivity contribution in [1.82, 2.24) is 15.1 Å². The van der Waals surface area contributed by atoms with Gasteiger partial charge in [0.05, 0.1) is 5.75 Å². The van der Waals surface area contributed by atoms with Crippen LogP contribution >= 0.6 is 11.8 Å². The predicted octanol–water partition coefficient (Wildman–Crippen LogP) is 3.11. The van der Waals surface area contributed by atoms with E-state index in [9.17, 15) is 9.59 Å². The first-order valence-electron chi connectivity index (χ1n) is 11.7. The van der Waals surface area contributed by atoms with Crippen molar-refractivity contribution in [3.05, 3.63) is 29.3 Å². The molecule has 1 N–H and O–H groups in total. The van der Waals surface area contributed by atoms with Crippen LogP contribution < -0.4 is 5.32 Å². The Hall–Kier alpha value is -1.53. The van der Waals surface area contributed by atoms with Gasteiger partial charge in [0.15, 0.2) is 0 Å². The van der Waals surface area contributed by atoms with Gasteiger partial charge < -0.3 is 15.1 Å². The van der Waals surface area contributed by atoms with Gasteiger partial charge in [-0.05, 0) is 94.3 Å². The lowest BCUT2D eigenvalue weighted by molar-refractivity contribution is -0.133. The van der Waals surface area contributed by atoms with Gasteiger partial charge in [-0.2, -0.15) is 0 Å². The van der Waals surface area contributed by atoms with Crippen LogP contribution in [0.5, 0.6) is 0 Å². The molecule has 2 saturated heterocycles. The van der Waals surface area contributed by atoms with Gasteiger partial charge in [-0.15, -0.1) is 11.8 Å². The maximum absolute atomic E-state index is 12.6. The van der Waals surface area contributed by atoms with Crippen molar-refractivity contribution in [3.8, 4) is 0 Å². The fraction of sp³-hybridized carbons (Fsp3) is 0.667. The van der Waals surface area contributed by atoms with E-state index in [2.05, 4.69) is 28.4 Å². The number of hydrogen-bond acceptors (Lipinski definition) is 4. The van der Waals surface area contributed by atoms with Crippen molar-refractivity contribution >= 4 is 23.6 Å². The van der Waals surface area contributed by atoms with Crippen LogP contribution in [0, 0.1) is 5.92 Å². The standard InChI is InChI=1S/C24H35N3O2S/c28-23(18-30-22-8-7-19-5-3-6-21(19)17-22)27-15-9-20(10-16-27)24(29)25-11-4-14-26-12-1-2-13-26/h7-8,17,20H,1-6,9-16,18H2,(H,25,29). The minimum Gasteiger partial charge on any atom is -0.356 e. The van der Waals surface area contributed by atoms with Crippen molar-refractivity contribution in [2.24, 2.45) is 5.92 Å². The Kier molecular flexibility index (Phi) is 7.72. The van der Waals surface area contributed by atoms with Crippen LogP contribution in [0.25, 0.3) is 0 Å². The molecule has 6 heteroatoms. The third-order valence-corrected chi connectivity index (χ3v) is 7.78. The maximum atomic E-state index is 12.6. The van der Waals surface area contributed by atoms with Gasteiger partial charge >= 0.3 is 0 Å². The average molecular weight is 430 g/mol. The van der Waals surface area contributed by atoms with E-state index in [4.69, 9.17) is 0 Å². The predicted molar refractivity (Wildman–Crippen MR) is 122 cm³/mol. The maximum Gasteiger partial charge on any atom is 0.232 e. The van der Waals surface area contributed by atoms with Crippen molar-refractivity contribution in [1.29, 1.82) is 0 Å². The molecule has 4 rings (SSSR count). The zero-order valence-corrected chi connectivity index (χ0v) is 18.9. The minimum atomic E-state index is 0.0604. The quantitative estimate of drug-likeness (QED) is 0.510. The zero-order chi connectivity index (χ0) is 20.8. The molecule has 164 valence electrons. The second-order valence-corrected chi connectivity index (χ2v) is 9.97. The molecular weight excluding hydrogens is 394 g/mol. The van der Waals surface area contributed by atoms with E-state index in [0.717, 1.165) is 32.4 Å². The Balaban J connectivity index is 1.12. The van der Waals surface area contributed by atoms with Crippen LogP contribution in [0.1, 0.15) is 49.7 Å². The van der Waals surface area contributed by atoms with Gasteiger partial charge in [0, 0.05) is 30.4 Å². The molecule has 0 spiro atoms. The molecule has 0 saturated carbocycles. The summed E-state index contributed by atoms with van der Waals surface area (Å²) in [6, 6.07) is 6.65. The number of amides is 2. The summed E-state index contributed by atoms with van der Waals surface area (Å²) >= 11 is 1.64. The molecule has 0 radical (unpaired) electrons. The summed E-state index contributed by atoms with van der Waals surface area (Å²) in [4.78, 5) is 30.7. The lowest BCUT2D eigenvalue weighted by Gasteiger charge is -2.31. The van der Waals surface area contributed by atoms with Gasteiger partial charge in [-0.25, -0.2) is 0 Å². The second kappa shape index (κ2) is 10.7. The summed E-state index contributed by atoms with van der Waals surface area (Å²) in [5.74, 6) is 0.929. The van der Waals surface area contributed by atoms with Crippen LogP contribution in [0.4, 0.5) is 0 Å². The smallest absolute Gasteiger partial charge is 0.232 e. The Morgan fingerprint density at radius 2 is 1.77 bits per heavy atom. The number of rotatable bonds is 8. The van der Waals surface area contributed by atoms with E-state index in [1.54, 1.807) is 11.8 Å². The number of piperidine rings is 1. The number of nitrogens with one attached hydrogen (secondary N) is 1. The van der Waals surface area contributed by atoms with E-state index in [-0.39, 0.29) is 17.7 Å².